The molecule has 0 spiro atoms. The van der Waals surface area contributed by atoms with Gasteiger partial charge in [0.25, 0.3) is 0 Å². The number of nitrogens with zero attached hydrogens (tertiary/aromatic N) is 1. The fourth-order valence-corrected chi connectivity index (χ4v) is 2.85. The highest BCUT2D eigenvalue weighted by atomic mass is 16.5. The number of hydrogen-bond acceptors (Lipinski definition) is 3. The van der Waals surface area contributed by atoms with Crippen molar-refractivity contribution in [2.24, 2.45) is 0 Å². The standard InChI is InChI=1S/C13H22N2O4/c1-12(5-3-4-6-12)14-11(18)15-8-13(2,9-15)19-7-10(16)17/h3-9H2,1-2H3,(H,14,18)(H,16,17). The van der Waals surface area contributed by atoms with E-state index in [1.165, 1.54) is 0 Å². The molecular weight excluding hydrogens is 248 g/mol. The second-order valence-electron chi connectivity index (χ2n) is 6.19. The Morgan fingerprint density at radius 2 is 1.84 bits per heavy atom. The highest BCUT2D eigenvalue weighted by Gasteiger charge is 2.44. The van der Waals surface area contributed by atoms with E-state index in [0.29, 0.717) is 13.1 Å². The second-order valence-corrected chi connectivity index (χ2v) is 6.19. The van der Waals surface area contributed by atoms with Gasteiger partial charge in [0.05, 0.1) is 13.1 Å². The number of carboxylic acids is 1. The van der Waals surface area contributed by atoms with Crippen molar-refractivity contribution in [3.63, 3.8) is 0 Å². The second kappa shape index (κ2) is 5.00. The van der Waals surface area contributed by atoms with Gasteiger partial charge in [-0.05, 0) is 26.7 Å². The van der Waals surface area contributed by atoms with Gasteiger partial charge in [-0.2, -0.15) is 0 Å². The molecule has 1 aliphatic carbocycles. The Balaban J connectivity index is 1.76. The molecule has 1 saturated carbocycles. The predicted molar refractivity (Wildman–Crippen MR) is 69.0 cm³/mol. The van der Waals surface area contributed by atoms with Crippen molar-refractivity contribution in [3.05, 3.63) is 0 Å². The number of amides is 2. The van der Waals surface area contributed by atoms with E-state index in [1.807, 2.05) is 6.92 Å². The highest BCUT2D eigenvalue weighted by Crippen LogP contribution is 2.30. The quantitative estimate of drug-likeness (QED) is 0.804. The van der Waals surface area contributed by atoms with Crippen molar-refractivity contribution < 1.29 is 19.4 Å². The number of nitrogens with one attached hydrogen (secondary N) is 1. The Bertz CT molecular complexity index is 371. The molecular formula is C13H22N2O4. The molecule has 0 aromatic rings. The van der Waals surface area contributed by atoms with Gasteiger partial charge in [-0.15, -0.1) is 0 Å². The van der Waals surface area contributed by atoms with Crippen LogP contribution in [-0.4, -0.2) is 52.8 Å². The smallest absolute Gasteiger partial charge is 0.329 e. The maximum atomic E-state index is 12.1. The lowest BCUT2D eigenvalue weighted by atomic mass is 9.96. The van der Waals surface area contributed by atoms with E-state index >= 15 is 0 Å². The number of carboxylic acid groups (broad SMARTS) is 1. The Morgan fingerprint density at radius 1 is 1.26 bits per heavy atom. The first-order valence-electron chi connectivity index (χ1n) is 6.75. The van der Waals surface area contributed by atoms with Crippen LogP contribution in [0, 0.1) is 0 Å². The van der Waals surface area contributed by atoms with Crippen LogP contribution in [0.4, 0.5) is 4.79 Å². The van der Waals surface area contributed by atoms with Crippen molar-refractivity contribution in [3.8, 4) is 0 Å². The van der Waals surface area contributed by atoms with Gasteiger partial charge in [0.15, 0.2) is 0 Å². The van der Waals surface area contributed by atoms with E-state index in [9.17, 15) is 9.59 Å². The van der Waals surface area contributed by atoms with E-state index < -0.39 is 11.6 Å². The van der Waals surface area contributed by atoms with E-state index in [2.05, 4.69) is 12.2 Å². The number of aliphatic carboxylic acids is 1. The summed E-state index contributed by atoms with van der Waals surface area (Å²) in [6.45, 7) is 4.49. The Labute approximate surface area is 113 Å². The number of urea groups is 1. The van der Waals surface area contributed by atoms with Crippen molar-refractivity contribution >= 4 is 12.0 Å². The van der Waals surface area contributed by atoms with Gasteiger partial charge in [0.1, 0.15) is 12.2 Å². The number of ether oxygens (including phenoxy) is 1. The zero-order valence-electron chi connectivity index (χ0n) is 11.6. The Kier molecular flexibility index (Phi) is 3.71. The molecule has 0 atom stereocenters. The van der Waals surface area contributed by atoms with Gasteiger partial charge in [-0.25, -0.2) is 9.59 Å². The maximum absolute atomic E-state index is 12.1. The lowest BCUT2D eigenvalue weighted by Gasteiger charge is -2.47. The molecule has 0 aromatic carbocycles. The number of rotatable bonds is 4. The third kappa shape index (κ3) is 3.37. The molecule has 2 N–H and O–H groups in total. The van der Waals surface area contributed by atoms with Gasteiger partial charge in [-0.1, -0.05) is 12.8 Å². The molecule has 6 nitrogen and oxygen atoms in total. The number of carbonyl (C=O) groups excluding carboxylic acids is 1. The topological polar surface area (TPSA) is 78.9 Å². The normalized spacial score (nSPS) is 23.8. The summed E-state index contributed by atoms with van der Waals surface area (Å²) in [5.41, 5.74) is -0.600. The average Bonchev–Trinajstić information content (AvgIpc) is 2.69. The Morgan fingerprint density at radius 3 is 2.37 bits per heavy atom. The predicted octanol–water partition coefficient (Wildman–Crippen LogP) is 1.20. The molecule has 0 radical (unpaired) electrons. The van der Waals surface area contributed by atoms with E-state index in [4.69, 9.17) is 9.84 Å². The van der Waals surface area contributed by atoms with E-state index in [1.54, 1.807) is 4.90 Å². The lowest BCUT2D eigenvalue weighted by molar-refractivity contribution is -0.159. The van der Waals surface area contributed by atoms with Crippen molar-refractivity contribution in [2.45, 2.75) is 50.7 Å². The average molecular weight is 270 g/mol. The monoisotopic (exact) mass is 270 g/mol. The van der Waals surface area contributed by atoms with Gasteiger partial charge >= 0.3 is 12.0 Å². The summed E-state index contributed by atoms with van der Waals surface area (Å²) >= 11 is 0. The summed E-state index contributed by atoms with van der Waals surface area (Å²) < 4.78 is 5.28. The molecule has 2 aliphatic rings. The third-order valence-electron chi connectivity index (χ3n) is 4.00. The lowest BCUT2D eigenvalue weighted by Crippen LogP contribution is -2.66. The summed E-state index contributed by atoms with van der Waals surface area (Å²) in [6.07, 6.45) is 4.38. The maximum Gasteiger partial charge on any atom is 0.329 e. The zero-order chi connectivity index (χ0) is 14.1. The molecule has 2 fully saturated rings. The highest BCUT2D eigenvalue weighted by molar-refractivity contribution is 5.76. The molecule has 1 saturated heterocycles. The fraction of sp³-hybridized carbons (Fsp3) is 0.846. The number of carbonyl (C=O) groups is 2. The SMILES string of the molecule is CC1(NC(=O)N2CC(C)(OCC(=O)O)C2)CCCC1. The third-order valence-corrected chi connectivity index (χ3v) is 4.00. The van der Waals surface area contributed by atoms with Crippen LogP contribution in [-0.2, 0) is 9.53 Å². The molecule has 1 heterocycles. The Hall–Kier alpha value is -1.30. The first kappa shape index (κ1) is 14.1. The van der Waals surface area contributed by atoms with Crippen LogP contribution >= 0.6 is 0 Å². The van der Waals surface area contributed by atoms with Gasteiger partial charge in [0.2, 0.25) is 0 Å². The molecule has 0 bridgehead atoms. The van der Waals surface area contributed by atoms with Crippen LogP contribution < -0.4 is 5.32 Å². The summed E-state index contributed by atoms with van der Waals surface area (Å²) in [4.78, 5) is 24.2. The van der Waals surface area contributed by atoms with Crippen LogP contribution in [0.5, 0.6) is 0 Å². The van der Waals surface area contributed by atoms with Gasteiger partial charge < -0.3 is 20.1 Å². The summed E-state index contributed by atoms with van der Waals surface area (Å²) in [5.74, 6) is -0.984. The number of likely N-dealkylation sites (tertiary alicyclic amines) is 1. The summed E-state index contributed by atoms with van der Waals surface area (Å²) in [7, 11) is 0. The van der Waals surface area contributed by atoms with Gasteiger partial charge in [-0.3, -0.25) is 0 Å². The van der Waals surface area contributed by atoms with Crippen LogP contribution in [0.15, 0.2) is 0 Å². The van der Waals surface area contributed by atoms with Crippen LogP contribution in [0.3, 0.4) is 0 Å². The molecule has 1 aliphatic heterocycles. The minimum Gasteiger partial charge on any atom is -0.480 e. The fourth-order valence-electron chi connectivity index (χ4n) is 2.85. The summed E-state index contributed by atoms with van der Waals surface area (Å²) in [6, 6.07) is -0.0687. The zero-order valence-corrected chi connectivity index (χ0v) is 11.6. The molecule has 2 rings (SSSR count). The summed E-state index contributed by atoms with van der Waals surface area (Å²) in [5, 5.41) is 11.7. The molecule has 0 unspecified atom stereocenters. The van der Waals surface area contributed by atoms with Gasteiger partial charge in [0, 0.05) is 5.54 Å². The molecule has 0 aromatic heterocycles. The van der Waals surface area contributed by atoms with E-state index in [0.717, 1.165) is 25.7 Å². The largest absolute Gasteiger partial charge is 0.480 e. The first-order chi connectivity index (χ1) is 8.82. The minimum absolute atomic E-state index is 0.0687. The van der Waals surface area contributed by atoms with Crippen LogP contribution in [0.1, 0.15) is 39.5 Å². The molecule has 2 amide bonds. The van der Waals surface area contributed by atoms with Crippen molar-refractivity contribution in [1.82, 2.24) is 10.2 Å². The van der Waals surface area contributed by atoms with Crippen molar-refractivity contribution in [2.75, 3.05) is 19.7 Å². The molecule has 6 heteroatoms. The molecule has 19 heavy (non-hydrogen) atoms. The minimum atomic E-state index is -0.984. The van der Waals surface area contributed by atoms with Crippen molar-refractivity contribution in [1.29, 1.82) is 0 Å². The number of hydrogen-bond donors (Lipinski definition) is 2. The van der Waals surface area contributed by atoms with Crippen LogP contribution in [0.2, 0.25) is 0 Å². The van der Waals surface area contributed by atoms with E-state index in [-0.39, 0.29) is 18.2 Å². The first-order valence-corrected chi connectivity index (χ1v) is 6.75. The van der Waals surface area contributed by atoms with Crippen LogP contribution in [0.25, 0.3) is 0 Å². The molecule has 108 valence electrons.